The molecule has 4 N–H and O–H groups in total. The van der Waals surface area contributed by atoms with Crippen LogP contribution in [-0.2, 0) is 4.79 Å². The van der Waals surface area contributed by atoms with Gasteiger partial charge < -0.3 is 20.6 Å². The maximum absolute atomic E-state index is 10.1. The average Bonchev–Trinajstić information content (AvgIpc) is 2.46. The van der Waals surface area contributed by atoms with Gasteiger partial charge in [0.05, 0.1) is 13.2 Å². The fourth-order valence-electron chi connectivity index (χ4n) is 1.15. The van der Waals surface area contributed by atoms with E-state index in [4.69, 9.17) is 15.3 Å². The number of benzene rings is 1. The van der Waals surface area contributed by atoms with Gasteiger partial charge in [0.2, 0.25) is 0 Å². The second kappa shape index (κ2) is 13.5. The van der Waals surface area contributed by atoms with Crippen LogP contribution in [0.4, 0.5) is 0 Å². The molecule has 5 nitrogen and oxygen atoms in total. The Kier molecular flexibility index (Phi) is 12.2. The first-order chi connectivity index (χ1) is 9.70. The summed E-state index contributed by atoms with van der Waals surface area (Å²) in [7, 11) is 0. The van der Waals surface area contributed by atoms with Crippen molar-refractivity contribution in [2.24, 2.45) is 0 Å². The standard InChI is InChI=1S/C11H10O2.C4H11NO2/c12-11(13)9-5-4-8-10-6-2-1-3-7-10;6-3-1-5-2-4-7/h1-9H,(H,12,13);5-7H,1-4H2. The SMILES string of the molecule is O=C(O)C=CC=Cc1ccccc1.OCCNCCO. The summed E-state index contributed by atoms with van der Waals surface area (Å²) >= 11 is 0. The van der Waals surface area contributed by atoms with Gasteiger partial charge in [-0.05, 0) is 5.56 Å². The molecular weight excluding hydrogens is 258 g/mol. The van der Waals surface area contributed by atoms with Gasteiger partial charge in [0.25, 0.3) is 0 Å². The maximum atomic E-state index is 10.1. The summed E-state index contributed by atoms with van der Waals surface area (Å²) in [5.74, 6) is -0.933. The molecule has 20 heavy (non-hydrogen) atoms. The van der Waals surface area contributed by atoms with Crippen molar-refractivity contribution in [3.63, 3.8) is 0 Å². The monoisotopic (exact) mass is 279 g/mol. The van der Waals surface area contributed by atoms with Crippen LogP contribution in [0.2, 0.25) is 0 Å². The lowest BCUT2D eigenvalue weighted by atomic mass is 10.2. The lowest BCUT2D eigenvalue weighted by Crippen LogP contribution is -2.21. The Balaban J connectivity index is 0.000000441. The number of allylic oxidation sites excluding steroid dienone is 2. The van der Waals surface area contributed by atoms with E-state index in [-0.39, 0.29) is 13.2 Å². The van der Waals surface area contributed by atoms with Crippen molar-refractivity contribution in [2.75, 3.05) is 26.3 Å². The van der Waals surface area contributed by atoms with Gasteiger partial charge in [-0.2, -0.15) is 0 Å². The molecule has 0 saturated carbocycles. The lowest BCUT2D eigenvalue weighted by Gasteiger charge is -1.94. The molecule has 0 aliphatic heterocycles. The van der Waals surface area contributed by atoms with E-state index >= 15 is 0 Å². The number of hydrogen-bond acceptors (Lipinski definition) is 4. The van der Waals surface area contributed by atoms with E-state index in [9.17, 15) is 4.79 Å². The van der Waals surface area contributed by atoms with Crippen LogP contribution in [0.15, 0.2) is 48.6 Å². The molecule has 0 spiro atoms. The highest BCUT2D eigenvalue weighted by molar-refractivity contribution is 5.80. The zero-order chi connectivity index (χ0) is 15.1. The number of aliphatic carboxylic acids is 1. The molecule has 0 bridgehead atoms. The fourth-order valence-corrected chi connectivity index (χ4v) is 1.15. The summed E-state index contributed by atoms with van der Waals surface area (Å²) in [6.07, 6.45) is 6.14. The van der Waals surface area contributed by atoms with Crippen LogP contribution in [0, 0.1) is 0 Å². The zero-order valence-electron chi connectivity index (χ0n) is 11.3. The predicted octanol–water partition coefficient (Wildman–Crippen LogP) is 0.901. The highest BCUT2D eigenvalue weighted by atomic mass is 16.4. The van der Waals surface area contributed by atoms with Crippen LogP contribution in [0.25, 0.3) is 6.08 Å². The van der Waals surface area contributed by atoms with E-state index in [1.54, 1.807) is 6.08 Å². The Morgan fingerprint density at radius 3 is 2.15 bits per heavy atom. The smallest absolute Gasteiger partial charge is 0.328 e. The van der Waals surface area contributed by atoms with Crippen LogP contribution in [0.3, 0.4) is 0 Å². The van der Waals surface area contributed by atoms with Crippen molar-refractivity contribution in [1.29, 1.82) is 0 Å². The van der Waals surface area contributed by atoms with E-state index in [0.29, 0.717) is 13.1 Å². The molecule has 0 aliphatic rings. The summed E-state index contributed by atoms with van der Waals surface area (Å²) in [4.78, 5) is 10.1. The number of hydrogen-bond donors (Lipinski definition) is 4. The molecule has 5 heteroatoms. The van der Waals surface area contributed by atoms with Crippen molar-refractivity contribution >= 4 is 12.0 Å². The van der Waals surface area contributed by atoms with Crippen LogP contribution in [0.1, 0.15) is 5.56 Å². The molecule has 0 atom stereocenters. The molecule has 0 fully saturated rings. The molecule has 1 rings (SSSR count). The second-order valence-corrected chi connectivity index (χ2v) is 3.66. The number of carboxylic acids is 1. The summed E-state index contributed by atoms with van der Waals surface area (Å²) < 4.78 is 0. The lowest BCUT2D eigenvalue weighted by molar-refractivity contribution is -0.131. The Labute approximate surface area is 118 Å². The van der Waals surface area contributed by atoms with Gasteiger partial charge >= 0.3 is 5.97 Å². The third-order valence-corrected chi connectivity index (χ3v) is 2.02. The zero-order valence-corrected chi connectivity index (χ0v) is 11.3. The highest BCUT2D eigenvalue weighted by Crippen LogP contribution is 2.00. The van der Waals surface area contributed by atoms with Crippen LogP contribution in [-0.4, -0.2) is 47.6 Å². The maximum Gasteiger partial charge on any atom is 0.328 e. The van der Waals surface area contributed by atoms with E-state index in [0.717, 1.165) is 11.6 Å². The van der Waals surface area contributed by atoms with Gasteiger partial charge in [0, 0.05) is 19.2 Å². The van der Waals surface area contributed by atoms with Crippen molar-refractivity contribution in [1.82, 2.24) is 5.32 Å². The second-order valence-electron chi connectivity index (χ2n) is 3.66. The molecule has 110 valence electrons. The molecule has 0 saturated heterocycles. The first kappa shape index (κ1) is 18.0. The molecular formula is C15H21NO4. The number of aliphatic hydroxyl groups excluding tert-OH is 2. The minimum Gasteiger partial charge on any atom is -0.478 e. The summed E-state index contributed by atoms with van der Waals surface area (Å²) in [6.45, 7) is 1.42. The number of rotatable bonds is 7. The van der Waals surface area contributed by atoms with Crippen LogP contribution < -0.4 is 5.32 Å². The third-order valence-electron chi connectivity index (χ3n) is 2.02. The van der Waals surface area contributed by atoms with Crippen molar-refractivity contribution in [2.45, 2.75) is 0 Å². The summed E-state index contributed by atoms with van der Waals surface area (Å²) in [5.41, 5.74) is 1.05. The van der Waals surface area contributed by atoms with Crippen LogP contribution >= 0.6 is 0 Å². The van der Waals surface area contributed by atoms with Gasteiger partial charge in [0.1, 0.15) is 0 Å². The summed E-state index contributed by atoms with van der Waals surface area (Å²) in [5, 5.41) is 27.4. The molecule has 1 aromatic carbocycles. The fraction of sp³-hybridized carbons (Fsp3) is 0.267. The number of nitrogens with one attached hydrogen (secondary N) is 1. The number of carbonyl (C=O) groups is 1. The largest absolute Gasteiger partial charge is 0.478 e. The van der Waals surface area contributed by atoms with Gasteiger partial charge in [0.15, 0.2) is 0 Å². The van der Waals surface area contributed by atoms with Crippen molar-refractivity contribution in [3.05, 3.63) is 54.1 Å². The Morgan fingerprint density at radius 1 is 1.05 bits per heavy atom. The van der Waals surface area contributed by atoms with Gasteiger partial charge in [-0.1, -0.05) is 48.6 Å². The highest BCUT2D eigenvalue weighted by Gasteiger charge is 1.82. The third kappa shape index (κ3) is 12.5. The predicted molar refractivity (Wildman–Crippen MR) is 79.3 cm³/mol. The molecule has 0 radical (unpaired) electrons. The Morgan fingerprint density at radius 2 is 1.65 bits per heavy atom. The van der Waals surface area contributed by atoms with E-state index in [2.05, 4.69) is 5.32 Å². The Bertz CT molecular complexity index is 398. The van der Waals surface area contributed by atoms with Crippen LogP contribution in [0.5, 0.6) is 0 Å². The quantitative estimate of drug-likeness (QED) is 0.338. The minimum atomic E-state index is -0.933. The number of aliphatic hydroxyl groups is 2. The molecule has 0 heterocycles. The van der Waals surface area contributed by atoms with Gasteiger partial charge in [-0.25, -0.2) is 4.79 Å². The van der Waals surface area contributed by atoms with Gasteiger partial charge in [-0.3, -0.25) is 0 Å². The average molecular weight is 279 g/mol. The topological polar surface area (TPSA) is 89.8 Å². The molecule has 0 aliphatic carbocycles. The van der Waals surface area contributed by atoms with Crippen molar-refractivity contribution < 1.29 is 20.1 Å². The van der Waals surface area contributed by atoms with E-state index in [1.165, 1.54) is 6.08 Å². The molecule has 1 aromatic rings. The first-order valence-corrected chi connectivity index (χ1v) is 6.26. The Hall–Kier alpha value is -1.95. The normalized spacial score (nSPS) is 10.5. The molecule has 0 amide bonds. The van der Waals surface area contributed by atoms with E-state index < -0.39 is 5.97 Å². The molecule has 0 unspecified atom stereocenters. The first-order valence-electron chi connectivity index (χ1n) is 6.26. The van der Waals surface area contributed by atoms with E-state index in [1.807, 2.05) is 36.4 Å². The minimum absolute atomic E-state index is 0.139. The molecule has 0 aromatic heterocycles. The van der Waals surface area contributed by atoms with Gasteiger partial charge in [-0.15, -0.1) is 0 Å². The summed E-state index contributed by atoms with van der Waals surface area (Å²) in [6, 6.07) is 9.70. The number of carboxylic acid groups (broad SMARTS) is 1. The van der Waals surface area contributed by atoms with Crippen molar-refractivity contribution in [3.8, 4) is 0 Å².